The molecule has 0 saturated heterocycles. The van der Waals surface area contributed by atoms with Crippen molar-refractivity contribution in [1.29, 1.82) is 0 Å². The van der Waals surface area contributed by atoms with Gasteiger partial charge in [0, 0.05) is 18.7 Å². The van der Waals surface area contributed by atoms with Crippen LogP contribution in [0.1, 0.15) is 36.4 Å². The predicted molar refractivity (Wildman–Crippen MR) is 78.9 cm³/mol. The molecule has 0 aliphatic rings. The number of hydrogen-bond acceptors (Lipinski definition) is 4. The number of hydrogen-bond donors (Lipinski definition) is 3. The van der Waals surface area contributed by atoms with Crippen molar-refractivity contribution in [3.8, 4) is 0 Å². The van der Waals surface area contributed by atoms with Gasteiger partial charge in [-0.05, 0) is 33.3 Å². The van der Waals surface area contributed by atoms with E-state index < -0.39 is 5.54 Å². The molecule has 2 amide bonds. The monoisotopic (exact) mass is 303 g/mol. The third kappa shape index (κ3) is 5.63. The van der Waals surface area contributed by atoms with Crippen molar-refractivity contribution in [1.82, 2.24) is 10.6 Å². The number of aryl methyl sites for hydroxylation is 1. The van der Waals surface area contributed by atoms with Gasteiger partial charge in [0.15, 0.2) is 5.76 Å². The van der Waals surface area contributed by atoms with E-state index in [-0.39, 0.29) is 24.2 Å². The highest BCUT2D eigenvalue weighted by Gasteiger charge is 2.20. The summed E-state index contributed by atoms with van der Waals surface area (Å²) in [4.78, 5) is 23.1. The van der Waals surface area contributed by atoms with Gasteiger partial charge in [0.05, 0.1) is 11.8 Å². The Morgan fingerprint density at radius 3 is 2.40 bits per heavy atom. The molecule has 1 rings (SSSR count). The van der Waals surface area contributed by atoms with Crippen LogP contribution in [0.15, 0.2) is 16.7 Å². The highest BCUT2D eigenvalue weighted by molar-refractivity contribution is 5.92. The average molecular weight is 304 g/mol. The molecule has 0 saturated carbocycles. The molecule has 114 valence electrons. The largest absolute Gasteiger partial charge is 0.459 e. The fourth-order valence-electron chi connectivity index (χ4n) is 1.41. The summed E-state index contributed by atoms with van der Waals surface area (Å²) in [5, 5.41) is 5.43. The van der Waals surface area contributed by atoms with E-state index in [9.17, 15) is 9.59 Å². The first kappa shape index (κ1) is 18.5. The maximum Gasteiger partial charge on any atom is 0.287 e. The van der Waals surface area contributed by atoms with Crippen LogP contribution in [-0.4, -0.2) is 30.4 Å². The Morgan fingerprint density at radius 2 is 1.90 bits per heavy atom. The van der Waals surface area contributed by atoms with Gasteiger partial charge in [0.25, 0.3) is 5.91 Å². The maximum absolute atomic E-state index is 11.7. The van der Waals surface area contributed by atoms with Crippen LogP contribution in [-0.2, 0) is 4.79 Å². The highest BCUT2D eigenvalue weighted by Crippen LogP contribution is 2.07. The number of nitrogens with two attached hydrogens (primary N) is 1. The molecule has 0 fully saturated rings. The molecule has 0 aliphatic heterocycles. The van der Waals surface area contributed by atoms with Crippen LogP contribution in [0.5, 0.6) is 0 Å². The quantitative estimate of drug-likeness (QED) is 0.682. The van der Waals surface area contributed by atoms with Gasteiger partial charge < -0.3 is 20.8 Å². The van der Waals surface area contributed by atoms with Gasteiger partial charge in [-0.25, -0.2) is 0 Å². The van der Waals surface area contributed by atoms with Crippen LogP contribution in [0.25, 0.3) is 0 Å². The molecule has 0 aromatic carbocycles. The summed E-state index contributed by atoms with van der Waals surface area (Å²) in [7, 11) is 0. The first-order chi connectivity index (χ1) is 8.82. The van der Waals surface area contributed by atoms with Crippen molar-refractivity contribution in [3.63, 3.8) is 0 Å². The summed E-state index contributed by atoms with van der Waals surface area (Å²) < 4.78 is 5.07. The fourth-order valence-corrected chi connectivity index (χ4v) is 1.41. The zero-order chi connectivity index (χ0) is 14.5. The third-order valence-corrected chi connectivity index (χ3v) is 2.58. The molecule has 1 aromatic rings. The van der Waals surface area contributed by atoms with Crippen molar-refractivity contribution in [2.45, 2.75) is 32.7 Å². The van der Waals surface area contributed by atoms with Crippen molar-refractivity contribution < 1.29 is 14.0 Å². The van der Waals surface area contributed by atoms with E-state index in [4.69, 9.17) is 10.2 Å². The van der Waals surface area contributed by atoms with Gasteiger partial charge in [-0.3, -0.25) is 9.59 Å². The molecule has 0 bridgehead atoms. The van der Waals surface area contributed by atoms with Crippen molar-refractivity contribution >= 4 is 24.2 Å². The summed E-state index contributed by atoms with van der Waals surface area (Å²) in [6, 6.07) is 1.73. The van der Waals surface area contributed by atoms with Crippen LogP contribution in [0.4, 0.5) is 0 Å². The Kier molecular flexibility index (Phi) is 7.31. The molecular weight excluding hydrogens is 282 g/mol. The van der Waals surface area contributed by atoms with E-state index in [0.29, 0.717) is 25.3 Å². The summed E-state index contributed by atoms with van der Waals surface area (Å²) in [5.41, 5.74) is 5.55. The molecule has 0 spiro atoms. The van der Waals surface area contributed by atoms with Crippen LogP contribution in [0, 0.1) is 6.92 Å². The number of rotatable bonds is 6. The van der Waals surface area contributed by atoms with E-state index in [2.05, 4.69) is 10.6 Å². The molecule has 0 unspecified atom stereocenters. The lowest BCUT2D eigenvalue weighted by atomic mass is 10.1. The maximum atomic E-state index is 11.7. The van der Waals surface area contributed by atoms with E-state index in [0.717, 1.165) is 5.56 Å². The minimum atomic E-state index is -0.880. The number of amides is 2. The number of halogens is 1. The molecule has 1 heterocycles. The molecule has 1 aromatic heterocycles. The Balaban J connectivity index is 0.00000361. The second-order valence-electron chi connectivity index (χ2n) is 5.02. The minimum absolute atomic E-state index is 0. The lowest BCUT2D eigenvalue weighted by Gasteiger charge is -2.17. The van der Waals surface area contributed by atoms with E-state index in [1.165, 1.54) is 6.26 Å². The lowest BCUT2D eigenvalue weighted by Crippen LogP contribution is -2.49. The third-order valence-electron chi connectivity index (χ3n) is 2.58. The SMILES string of the molecule is Cc1ccoc1C(=O)NCCCNC(=O)C(C)(C)N.Cl. The molecule has 7 heteroatoms. The molecule has 20 heavy (non-hydrogen) atoms. The zero-order valence-electron chi connectivity index (χ0n) is 12.0. The first-order valence-corrected chi connectivity index (χ1v) is 6.22. The highest BCUT2D eigenvalue weighted by atomic mass is 35.5. The Hall–Kier alpha value is -1.53. The van der Waals surface area contributed by atoms with Gasteiger partial charge >= 0.3 is 0 Å². The normalized spacial score (nSPS) is 10.6. The minimum Gasteiger partial charge on any atom is -0.459 e. The molecule has 6 nitrogen and oxygen atoms in total. The molecular formula is C13H22ClN3O3. The zero-order valence-corrected chi connectivity index (χ0v) is 12.8. The van der Waals surface area contributed by atoms with Crippen LogP contribution in [0.3, 0.4) is 0 Å². The predicted octanol–water partition coefficient (Wildman–Crippen LogP) is 0.983. The standard InChI is InChI=1S/C13H21N3O3.ClH/c1-9-5-8-19-10(9)11(17)15-6-4-7-16-12(18)13(2,3)14;/h5,8H,4,6-7,14H2,1-3H3,(H,15,17)(H,16,18);1H. The van der Waals surface area contributed by atoms with E-state index >= 15 is 0 Å². The molecule has 0 aliphatic carbocycles. The van der Waals surface area contributed by atoms with Gasteiger partial charge in [-0.1, -0.05) is 0 Å². The second kappa shape index (κ2) is 7.91. The van der Waals surface area contributed by atoms with Crippen LogP contribution in [0.2, 0.25) is 0 Å². The van der Waals surface area contributed by atoms with Crippen LogP contribution >= 0.6 is 12.4 Å². The number of carbonyl (C=O) groups excluding carboxylic acids is 2. The Bertz CT molecular complexity index is 452. The topological polar surface area (TPSA) is 97.4 Å². The number of furan rings is 1. The summed E-state index contributed by atoms with van der Waals surface area (Å²) in [6.45, 7) is 6.02. The Labute approximate surface area is 124 Å². The smallest absolute Gasteiger partial charge is 0.287 e. The average Bonchev–Trinajstić information content (AvgIpc) is 2.73. The number of carbonyl (C=O) groups is 2. The summed E-state index contributed by atoms with van der Waals surface area (Å²) in [6.07, 6.45) is 2.11. The van der Waals surface area contributed by atoms with Crippen molar-refractivity contribution in [3.05, 3.63) is 23.7 Å². The van der Waals surface area contributed by atoms with Crippen LogP contribution < -0.4 is 16.4 Å². The van der Waals surface area contributed by atoms with Gasteiger partial charge in [0.2, 0.25) is 5.91 Å². The fraction of sp³-hybridized carbons (Fsp3) is 0.538. The van der Waals surface area contributed by atoms with Gasteiger partial charge in [-0.2, -0.15) is 0 Å². The first-order valence-electron chi connectivity index (χ1n) is 6.22. The Morgan fingerprint density at radius 1 is 1.30 bits per heavy atom. The van der Waals surface area contributed by atoms with Gasteiger partial charge in [-0.15, -0.1) is 12.4 Å². The van der Waals surface area contributed by atoms with Gasteiger partial charge in [0.1, 0.15) is 0 Å². The molecule has 0 atom stereocenters. The van der Waals surface area contributed by atoms with E-state index in [1.54, 1.807) is 19.9 Å². The summed E-state index contributed by atoms with van der Waals surface area (Å²) in [5.74, 6) is -0.124. The van der Waals surface area contributed by atoms with E-state index in [1.807, 2.05) is 6.92 Å². The van der Waals surface area contributed by atoms with Crippen molar-refractivity contribution in [2.75, 3.05) is 13.1 Å². The van der Waals surface area contributed by atoms with Crippen molar-refractivity contribution in [2.24, 2.45) is 5.73 Å². The summed E-state index contributed by atoms with van der Waals surface area (Å²) >= 11 is 0. The number of nitrogens with one attached hydrogen (secondary N) is 2. The molecule has 0 radical (unpaired) electrons. The lowest BCUT2D eigenvalue weighted by molar-refractivity contribution is -0.125. The second-order valence-corrected chi connectivity index (χ2v) is 5.02. The molecule has 4 N–H and O–H groups in total.